The Hall–Kier alpha value is -1.36. The van der Waals surface area contributed by atoms with E-state index in [1.54, 1.807) is 6.07 Å². The Kier molecular flexibility index (Phi) is 5.39. The monoisotopic (exact) mass is 307 g/mol. The minimum absolute atomic E-state index is 0.0143. The molecular weight excluding hydrogens is 282 g/mol. The van der Waals surface area contributed by atoms with E-state index < -0.39 is 0 Å². The maximum atomic E-state index is 12.3. The van der Waals surface area contributed by atoms with Crippen LogP contribution in [0.1, 0.15) is 36.0 Å². The quantitative estimate of drug-likeness (QED) is 0.840. The van der Waals surface area contributed by atoms with E-state index in [-0.39, 0.29) is 5.91 Å². The molecular formula is C16H25N3OS. The SMILES string of the molecule is CSC1CCC(NC(=O)c2ccc(N(C)C)c(N)c2)CC1. The highest BCUT2D eigenvalue weighted by Crippen LogP contribution is 2.27. The first-order valence-corrected chi connectivity index (χ1v) is 8.70. The van der Waals surface area contributed by atoms with Gasteiger partial charge in [-0.05, 0) is 50.1 Å². The lowest BCUT2D eigenvalue weighted by atomic mass is 9.94. The Labute approximate surface area is 131 Å². The second-order valence-electron chi connectivity index (χ2n) is 5.85. The number of thioether (sulfide) groups is 1. The van der Waals surface area contributed by atoms with Gasteiger partial charge in [-0.25, -0.2) is 0 Å². The lowest BCUT2D eigenvalue weighted by molar-refractivity contribution is 0.0928. The number of hydrogen-bond acceptors (Lipinski definition) is 4. The van der Waals surface area contributed by atoms with E-state index in [1.165, 1.54) is 12.8 Å². The summed E-state index contributed by atoms with van der Waals surface area (Å²) in [5.41, 5.74) is 8.22. The van der Waals surface area contributed by atoms with Crippen molar-refractivity contribution < 1.29 is 4.79 Å². The molecule has 3 N–H and O–H groups in total. The minimum atomic E-state index is -0.0143. The van der Waals surface area contributed by atoms with Crippen LogP contribution in [0.15, 0.2) is 18.2 Å². The molecule has 1 aliphatic rings. The van der Waals surface area contributed by atoms with Gasteiger partial charge in [-0.3, -0.25) is 4.79 Å². The van der Waals surface area contributed by atoms with E-state index in [4.69, 9.17) is 5.73 Å². The number of benzene rings is 1. The van der Waals surface area contributed by atoms with Crippen LogP contribution in [0.3, 0.4) is 0 Å². The third kappa shape index (κ3) is 4.06. The van der Waals surface area contributed by atoms with Gasteiger partial charge in [0.05, 0.1) is 11.4 Å². The normalized spacial score (nSPS) is 21.9. The van der Waals surface area contributed by atoms with Crippen molar-refractivity contribution in [3.8, 4) is 0 Å². The van der Waals surface area contributed by atoms with Crippen LogP contribution in [-0.4, -0.2) is 37.6 Å². The van der Waals surface area contributed by atoms with E-state index in [1.807, 2.05) is 42.9 Å². The van der Waals surface area contributed by atoms with Crippen LogP contribution in [0, 0.1) is 0 Å². The number of nitrogens with one attached hydrogen (secondary N) is 1. The van der Waals surface area contributed by atoms with Crippen molar-refractivity contribution in [3.05, 3.63) is 23.8 Å². The molecule has 0 aliphatic heterocycles. The van der Waals surface area contributed by atoms with Crippen molar-refractivity contribution in [2.24, 2.45) is 0 Å². The number of nitrogens with two attached hydrogens (primary N) is 1. The van der Waals surface area contributed by atoms with Gasteiger partial charge >= 0.3 is 0 Å². The van der Waals surface area contributed by atoms with Crippen LogP contribution in [0.4, 0.5) is 11.4 Å². The zero-order valence-electron chi connectivity index (χ0n) is 13.1. The Morgan fingerprint density at radius 1 is 1.29 bits per heavy atom. The second kappa shape index (κ2) is 7.07. The molecule has 1 amide bonds. The molecule has 1 aromatic carbocycles. The molecule has 0 radical (unpaired) electrons. The van der Waals surface area contributed by atoms with Crippen LogP contribution in [0.2, 0.25) is 0 Å². The van der Waals surface area contributed by atoms with Crippen molar-refractivity contribution in [1.82, 2.24) is 5.32 Å². The molecule has 1 aliphatic carbocycles. The molecule has 21 heavy (non-hydrogen) atoms. The average Bonchev–Trinajstić information content (AvgIpc) is 2.47. The molecule has 1 aromatic rings. The Morgan fingerprint density at radius 3 is 2.48 bits per heavy atom. The van der Waals surface area contributed by atoms with Crippen LogP contribution in [-0.2, 0) is 0 Å². The molecule has 1 saturated carbocycles. The second-order valence-corrected chi connectivity index (χ2v) is 6.99. The number of anilines is 2. The molecule has 5 heteroatoms. The molecule has 0 heterocycles. The Morgan fingerprint density at radius 2 is 1.95 bits per heavy atom. The minimum Gasteiger partial charge on any atom is -0.397 e. The number of nitrogen functional groups attached to an aromatic ring is 1. The summed E-state index contributed by atoms with van der Waals surface area (Å²) in [6.07, 6.45) is 6.69. The first-order chi connectivity index (χ1) is 10.0. The maximum Gasteiger partial charge on any atom is 0.251 e. The first-order valence-electron chi connectivity index (χ1n) is 7.41. The van der Waals surface area contributed by atoms with E-state index in [0.717, 1.165) is 23.8 Å². The van der Waals surface area contributed by atoms with Gasteiger partial charge in [0.1, 0.15) is 0 Å². The number of amides is 1. The van der Waals surface area contributed by atoms with E-state index in [0.29, 0.717) is 17.3 Å². The molecule has 116 valence electrons. The fraction of sp³-hybridized carbons (Fsp3) is 0.562. The highest BCUT2D eigenvalue weighted by molar-refractivity contribution is 7.99. The summed E-state index contributed by atoms with van der Waals surface area (Å²) < 4.78 is 0. The number of nitrogens with zero attached hydrogens (tertiary/aromatic N) is 1. The van der Waals surface area contributed by atoms with Gasteiger partial charge in [0.2, 0.25) is 0 Å². The maximum absolute atomic E-state index is 12.3. The molecule has 2 rings (SSSR count). The molecule has 1 fully saturated rings. The summed E-state index contributed by atoms with van der Waals surface area (Å²) in [5, 5.41) is 3.90. The summed E-state index contributed by atoms with van der Waals surface area (Å²) in [6.45, 7) is 0. The Balaban J connectivity index is 1.96. The van der Waals surface area contributed by atoms with Gasteiger partial charge in [-0.15, -0.1) is 0 Å². The van der Waals surface area contributed by atoms with Gasteiger partial charge in [-0.1, -0.05) is 0 Å². The van der Waals surface area contributed by atoms with Gasteiger partial charge in [0, 0.05) is 31.0 Å². The van der Waals surface area contributed by atoms with Crippen molar-refractivity contribution >= 4 is 29.0 Å². The summed E-state index contributed by atoms with van der Waals surface area (Å²) in [4.78, 5) is 14.3. The zero-order chi connectivity index (χ0) is 15.4. The smallest absolute Gasteiger partial charge is 0.251 e. The van der Waals surface area contributed by atoms with Crippen molar-refractivity contribution in [2.75, 3.05) is 31.0 Å². The summed E-state index contributed by atoms with van der Waals surface area (Å²) in [6, 6.07) is 5.80. The molecule has 4 nitrogen and oxygen atoms in total. The number of carbonyl (C=O) groups is 1. The standard InChI is InChI=1S/C16H25N3OS/c1-19(2)15-9-4-11(10-14(15)17)16(20)18-12-5-7-13(21-3)8-6-12/h4,9-10,12-13H,5-8,17H2,1-3H3,(H,18,20). The molecule has 0 atom stereocenters. The highest BCUT2D eigenvalue weighted by atomic mass is 32.2. The fourth-order valence-corrected chi connectivity index (χ4v) is 3.56. The third-order valence-electron chi connectivity index (χ3n) is 4.11. The summed E-state index contributed by atoms with van der Waals surface area (Å²) >= 11 is 1.94. The van der Waals surface area contributed by atoms with Gasteiger partial charge in [0.15, 0.2) is 0 Å². The first kappa shape index (κ1) is 16.0. The fourth-order valence-electron chi connectivity index (χ4n) is 2.81. The molecule has 0 bridgehead atoms. The predicted molar refractivity (Wildman–Crippen MR) is 92.2 cm³/mol. The van der Waals surface area contributed by atoms with E-state index >= 15 is 0 Å². The molecule has 0 saturated heterocycles. The number of rotatable bonds is 4. The van der Waals surface area contributed by atoms with E-state index in [9.17, 15) is 4.79 Å². The average molecular weight is 307 g/mol. The van der Waals surface area contributed by atoms with Crippen LogP contribution < -0.4 is 16.0 Å². The largest absolute Gasteiger partial charge is 0.397 e. The molecule has 0 unspecified atom stereocenters. The molecule has 0 spiro atoms. The Bertz CT molecular complexity index is 496. The van der Waals surface area contributed by atoms with Crippen LogP contribution >= 0.6 is 11.8 Å². The van der Waals surface area contributed by atoms with Crippen molar-refractivity contribution in [2.45, 2.75) is 37.0 Å². The summed E-state index contributed by atoms with van der Waals surface area (Å²) in [7, 11) is 3.88. The summed E-state index contributed by atoms with van der Waals surface area (Å²) in [5.74, 6) is -0.0143. The number of hydrogen-bond donors (Lipinski definition) is 2. The van der Waals surface area contributed by atoms with Crippen LogP contribution in [0.5, 0.6) is 0 Å². The van der Waals surface area contributed by atoms with Gasteiger partial charge in [-0.2, -0.15) is 11.8 Å². The topological polar surface area (TPSA) is 58.4 Å². The van der Waals surface area contributed by atoms with Gasteiger partial charge in [0.25, 0.3) is 5.91 Å². The van der Waals surface area contributed by atoms with Crippen molar-refractivity contribution in [1.29, 1.82) is 0 Å². The predicted octanol–water partition coefficient (Wildman–Crippen LogP) is 2.74. The van der Waals surface area contributed by atoms with Crippen LogP contribution in [0.25, 0.3) is 0 Å². The van der Waals surface area contributed by atoms with E-state index in [2.05, 4.69) is 11.6 Å². The zero-order valence-corrected chi connectivity index (χ0v) is 13.9. The lowest BCUT2D eigenvalue weighted by Crippen LogP contribution is -2.38. The van der Waals surface area contributed by atoms with Gasteiger partial charge < -0.3 is 16.0 Å². The van der Waals surface area contributed by atoms with Crippen molar-refractivity contribution in [3.63, 3.8) is 0 Å². The molecule has 0 aromatic heterocycles. The highest BCUT2D eigenvalue weighted by Gasteiger charge is 2.22. The lowest BCUT2D eigenvalue weighted by Gasteiger charge is -2.28. The third-order valence-corrected chi connectivity index (χ3v) is 5.25. The number of carbonyl (C=O) groups excluding carboxylic acids is 1.